The number of nitrogens with two attached hydrogens (primary N) is 1. The van der Waals surface area contributed by atoms with Crippen LogP contribution in [0.15, 0.2) is 30.3 Å². The van der Waals surface area contributed by atoms with Gasteiger partial charge >= 0.3 is 0 Å². The van der Waals surface area contributed by atoms with Crippen molar-refractivity contribution in [2.45, 2.75) is 18.6 Å². The van der Waals surface area contributed by atoms with E-state index in [2.05, 4.69) is 40.7 Å². The third-order valence-corrected chi connectivity index (χ3v) is 3.07. The Kier molecular flexibility index (Phi) is 6.43. The van der Waals surface area contributed by atoms with Crippen LogP contribution in [-0.2, 0) is 4.84 Å². The second kappa shape index (κ2) is 7.70. The molecule has 0 spiro atoms. The van der Waals surface area contributed by atoms with Crippen LogP contribution in [0.5, 0.6) is 0 Å². The van der Waals surface area contributed by atoms with Crippen LogP contribution in [0.2, 0.25) is 0 Å². The van der Waals surface area contributed by atoms with E-state index in [1.54, 1.807) is 11.9 Å². The Morgan fingerprint density at radius 3 is 2.80 bits per heavy atom. The van der Waals surface area contributed by atoms with Crippen LogP contribution < -0.4 is 10.6 Å². The number of hydrogen-bond donors (Lipinski definition) is 2. The SMILES string of the molecule is CC(SNCCCON)c1ccccc1. The summed E-state index contributed by atoms with van der Waals surface area (Å²) in [6, 6.07) is 10.4. The monoisotopic (exact) mass is 226 g/mol. The molecule has 0 saturated carbocycles. The largest absolute Gasteiger partial charge is 0.305 e. The quantitative estimate of drug-likeness (QED) is 0.425. The Morgan fingerprint density at radius 2 is 2.13 bits per heavy atom. The molecule has 3 N–H and O–H groups in total. The molecule has 0 radical (unpaired) electrons. The van der Waals surface area contributed by atoms with Crippen LogP contribution in [0.4, 0.5) is 0 Å². The van der Waals surface area contributed by atoms with Crippen molar-refractivity contribution in [3.8, 4) is 0 Å². The maximum absolute atomic E-state index is 4.93. The number of hydrogen-bond acceptors (Lipinski definition) is 4. The van der Waals surface area contributed by atoms with Gasteiger partial charge < -0.3 is 4.84 Å². The third kappa shape index (κ3) is 5.18. The molecular formula is C11H18N2OS. The summed E-state index contributed by atoms with van der Waals surface area (Å²) in [6.45, 7) is 3.71. The lowest BCUT2D eigenvalue weighted by Crippen LogP contribution is -2.12. The normalized spacial score (nSPS) is 12.7. The molecule has 0 amide bonds. The second-order valence-corrected chi connectivity index (χ2v) is 4.52. The first-order valence-corrected chi connectivity index (χ1v) is 5.97. The van der Waals surface area contributed by atoms with Gasteiger partial charge in [-0.1, -0.05) is 42.3 Å². The lowest BCUT2D eigenvalue weighted by molar-refractivity contribution is 0.136. The van der Waals surface area contributed by atoms with E-state index in [0.717, 1.165) is 13.0 Å². The fourth-order valence-corrected chi connectivity index (χ4v) is 2.01. The standard InChI is InChI=1S/C11H18N2OS/c1-10(11-6-3-2-4-7-11)15-13-8-5-9-14-12/h2-4,6-7,10,13H,5,8-9,12H2,1H3. The first-order chi connectivity index (χ1) is 7.34. The van der Waals surface area contributed by atoms with Crippen LogP contribution in [0, 0.1) is 0 Å². The zero-order chi connectivity index (χ0) is 10.9. The van der Waals surface area contributed by atoms with Gasteiger partial charge in [-0.3, -0.25) is 4.72 Å². The van der Waals surface area contributed by atoms with Gasteiger partial charge in [0.05, 0.1) is 6.61 Å². The van der Waals surface area contributed by atoms with E-state index in [1.807, 2.05) is 6.07 Å². The van der Waals surface area contributed by atoms with Gasteiger partial charge in [0.15, 0.2) is 0 Å². The van der Waals surface area contributed by atoms with Gasteiger partial charge in [-0.05, 0) is 18.9 Å². The summed E-state index contributed by atoms with van der Waals surface area (Å²) in [5.74, 6) is 4.93. The lowest BCUT2D eigenvalue weighted by Gasteiger charge is -2.11. The minimum Gasteiger partial charge on any atom is -0.305 e. The third-order valence-electron chi connectivity index (χ3n) is 2.07. The van der Waals surface area contributed by atoms with Crippen LogP contribution >= 0.6 is 11.9 Å². The maximum atomic E-state index is 4.93. The average molecular weight is 226 g/mol. The molecule has 0 aliphatic heterocycles. The van der Waals surface area contributed by atoms with Gasteiger partial charge in [-0.2, -0.15) is 0 Å². The maximum Gasteiger partial charge on any atom is 0.0691 e. The molecule has 1 unspecified atom stereocenters. The fraction of sp³-hybridized carbons (Fsp3) is 0.455. The molecule has 0 saturated heterocycles. The van der Waals surface area contributed by atoms with E-state index >= 15 is 0 Å². The summed E-state index contributed by atoms with van der Waals surface area (Å²) in [4.78, 5) is 4.48. The molecule has 0 heterocycles. The summed E-state index contributed by atoms with van der Waals surface area (Å²) < 4.78 is 3.30. The van der Waals surface area contributed by atoms with Crippen molar-refractivity contribution < 1.29 is 4.84 Å². The minimum atomic E-state index is 0.463. The highest BCUT2D eigenvalue weighted by Crippen LogP contribution is 2.24. The number of nitrogens with one attached hydrogen (secondary N) is 1. The van der Waals surface area contributed by atoms with Gasteiger partial charge in [0, 0.05) is 11.8 Å². The molecule has 84 valence electrons. The van der Waals surface area contributed by atoms with E-state index in [9.17, 15) is 0 Å². The molecule has 4 heteroatoms. The van der Waals surface area contributed by atoms with Crippen molar-refractivity contribution in [3.63, 3.8) is 0 Å². The van der Waals surface area contributed by atoms with Crippen molar-refractivity contribution >= 4 is 11.9 Å². The van der Waals surface area contributed by atoms with E-state index in [-0.39, 0.29) is 0 Å². The zero-order valence-electron chi connectivity index (χ0n) is 8.98. The second-order valence-electron chi connectivity index (χ2n) is 3.29. The molecule has 1 aromatic rings. The van der Waals surface area contributed by atoms with Crippen LogP contribution in [-0.4, -0.2) is 13.2 Å². The molecule has 0 aliphatic rings. The number of rotatable bonds is 7. The molecule has 0 fully saturated rings. The molecule has 0 aliphatic carbocycles. The highest BCUT2D eigenvalue weighted by molar-refractivity contribution is 7.97. The van der Waals surface area contributed by atoms with Crippen molar-refractivity contribution in [3.05, 3.63) is 35.9 Å². The van der Waals surface area contributed by atoms with E-state index < -0.39 is 0 Å². The zero-order valence-corrected chi connectivity index (χ0v) is 9.80. The van der Waals surface area contributed by atoms with E-state index in [0.29, 0.717) is 11.9 Å². The Bertz CT molecular complexity index is 256. The summed E-state index contributed by atoms with van der Waals surface area (Å²) >= 11 is 1.73. The van der Waals surface area contributed by atoms with Gasteiger partial charge in [-0.15, -0.1) is 0 Å². The van der Waals surface area contributed by atoms with Crippen molar-refractivity contribution in [2.24, 2.45) is 5.90 Å². The first kappa shape index (κ1) is 12.5. The van der Waals surface area contributed by atoms with E-state index in [4.69, 9.17) is 5.90 Å². The summed E-state index contributed by atoms with van der Waals surface area (Å²) in [6.07, 6.45) is 0.936. The molecule has 1 atom stereocenters. The van der Waals surface area contributed by atoms with Gasteiger partial charge in [-0.25, -0.2) is 5.90 Å². The van der Waals surface area contributed by atoms with Crippen LogP contribution in [0.3, 0.4) is 0 Å². The summed E-state index contributed by atoms with van der Waals surface area (Å²) in [7, 11) is 0. The molecular weight excluding hydrogens is 208 g/mol. The molecule has 15 heavy (non-hydrogen) atoms. The Hall–Kier alpha value is -0.550. The minimum absolute atomic E-state index is 0.463. The average Bonchev–Trinajstić information content (AvgIpc) is 2.30. The molecule has 0 aromatic heterocycles. The van der Waals surface area contributed by atoms with Gasteiger partial charge in [0.2, 0.25) is 0 Å². The van der Waals surface area contributed by atoms with Crippen LogP contribution in [0.1, 0.15) is 24.2 Å². The number of benzene rings is 1. The smallest absolute Gasteiger partial charge is 0.0691 e. The topological polar surface area (TPSA) is 47.3 Å². The highest BCUT2D eigenvalue weighted by atomic mass is 32.2. The predicted molar refractivity (Wildman–Crippen MR) is 65.2 cm³/mol. The summed E-state index contributed by atoms with van der Waals surface area (Å²) in [5, 5.41) is 0.463. The van der Waals surface area contributed by atoms with Gasteiger partial charge in [0.25, 0.3) is 0 Å². The molecule has 1 aromatic carbocycles. The molecule has 3 nitrogen and oxygen atoms in total. The van der Waals surface area contributed by atoms with Crippen molar-refractivity contribution in [1.82, 2.24) is 4.72 Å². The highest BCUT2D eigenvalue weighted by Gasteiger charge is 2.03. The van der Waals surface area contributed by atoms with Gasteiger partial charge in [0.1, 0.15) is 0 Å². The lowest BCUT2D eigenvalue weighted by atomic mass is 10.2. The van der Waals surface area contributed by atoms with E-state index in [1.165, 1.54) is 5.56 Å². The first-order valence-electron chi connectivity index (χ1n) is 5.09. The Morgan fingerprint density at radius 1 is 1.40 bits per heavy atom. The summed E-state index contributed by atoms with van der Waals surface area (Å²) in [5.41, 5.74) is 1.34. The van der Waals surface area contributed by atoms with Crippen molar-refractivity contribution in [2.75, 3.05) is 13.2 Å². The molecule has 0 bridgehead atoms. The van der Waals surface area contributed by atoms with Crippen molar-refractivity contribution in [1.29, 1.82) is 0 Å². The Balaban J connectivity index is 2.16. The van der Waals surface area contributed by atoms with Crippen LogP contribution in [0.25, 0.3) is 0 Å². The molecule has 1 rings (SSSR count). The Labute approximate surface area is 95.5 Å². The predicted octanol–water partition coefficient (Wildman–Crippen LogP) is 2.27. The fourth-order valence-electron chi connectivity index (χ4n) is 1.20.